The third-order valence-corrected chi connectivity index (χ3v) is 9.50. The van der Waals surface area contributed by atoms with E-state index in [-0.39, 0.29) is 34.2 Å². The molecule has 10 nitrogen and oxygen atoms in total. The van der Waals surface area contributed by atoms with Gasteiger partial charge in [-0.2, -0.15) is 0 Å². The average Bonchev–Trinajstić information content (AvgIpc) is 3.88. The SMILES string of the molecule is COc1cc2nccc(Oc3ccc(NC(=O)C4(C(=O)NC56CC(NC(=O)C7(C)CC7)(C5)C6)CC4)cc3)c2cc1OC. The molecule has 1 aromatic heterocycles. The van der Waals surface area contributed by atoms with Crippen molar-refractivity contribution in [3.8, 4) is 23.0 Å². The summed E-state index contributed by atoms with van der Waals surface area (Å²) in [4.78, 5) is 43.3. The van der Waals surface area contributed by atoms with Gasteiger partial charge in [0.1, 0.15) is 16.9 Å². The van der Waals surface area contributed by atoms with Crippen LogP contribution in [0.3, 0.4) is 0 Å². The molecule has 0 unspecified atom stereocenters. The Labute approximate surface area is 243 Å². The summed E-state index contributed by atoms with van der Waals surface area (Å²) in [5.74, 6) is 1.94. The van der Waals surface area contributed by atoms with Crippen LogP contribution in [0, 0.1) is 10.8 Å². The number of rotatable bonds is 10. The van der Waals surface area contributed by atoms with Crippen molar-refractivity contribution in [3.63, 3.8) is 0 Å². The molecule has 5 aliphatic rings. The second-order valence-electron chi connectivity index (χ2n) is 12.8. The number of methoxy groups -OCH3 is 2. The van der Waals surface area contributed by atoms with Gasteiger partial charge in [-0.15, -0.1) is 0 Å². The van der Waals surface area contributed by atoms with Crippen LogP contribution in [0.4, 0.5) is 5.69 Å². The van der Waals surface area contributed by atoms with E-state index in [0.717, 1.165) is 37.5 Å². The fourth-order valence-electron chi connectivity index (χ4n) is 6.42. The van der Waals surface area contributed by atoms with Crippen LogP contribution in [0.15, 0.2) is 48.7 Å². The van der Waals surface area contributed by atoms with Crippen LogP contribution in [-0.2, 0) is 14.4 Å². The lowest BCUT2D eigenvalue weighted by molar-refractivity contribution is -0.155. The van der Waals surface area contributed by atoms with E-state index in [9.17, 15) is 14.4 Å². The summed E-state index contributed by atoms with van der Waals surface area (Å²) in [5, 5.41) is 10.0. The molecule has 5 fully saturated rings. The molecular formula is C32H34N4O6. The number of hydrogen-bond acceptors (Lipinski definition) is 7. The van der Waals surface area contributed by atoms with Crippen LogP contribution in [0.1, 0.15) is 51.9 Å². The molecule has 10 heteroatoms. The maximum Gasteiger partial charge on any atom is 0.240 e. The van der Waals surface area contributed by atoms with Gasteiger partial charge in [0.15, 0.2) is 11.5 Å². The predicted octanol–water partition coefficient (Wildman–Crippen LogP) is 4.47. The number of pyridine rings is 1. The maximum atomic E-state index is 13.2. The molecular weight excluding hydrogens is 536 g/mol. The fourth-order valence-corrected chi connectivity index (χ4v) is 6.42. The lowest BCUT2D eigenvalue weighted by atomic mass is 9.44. The van der Waals surface area contributed by atoms with Crippen LogP contribution in [0.2, 0.25) is 0 Å². The van der Waals surface area contributed by atoms with E-state index in [4.69, 9.17) is 14.2 Å². The molecule has 5 aliphatic carbocycles. The number of hydrogen-bond donors (Lipinski definition) is 3. The lowest BCUT2D eigenvalue weighted by Gasteiger charge is -2.70. The second kappa shape index (κ2) is 9.08. The molecule has 1 heterocycles. The van der Waals surface area contributed by atoms with Gasteiger partial charge in [0.25, 0.3) is 0 Å². The molecule has 3 N–H and O–H groups in total. The molecule has 2 aromatic carbocycles. The number of nitrogens with one attached hydrogen (secondary N) is 3. The van der Waals surface area contributed by atoms with Crippen molar-refractivity contribution in [3.05, 3.63) is 48.7 Å². The van der Waals surface area contributed by atoms with Gasteiger partial charge in [-0.05, 0) is 81.3 Å². The normalized spacial score (nSPS) is 25.2. The van der Waals surface area contributed by atoms with Gasteiger partial charge in [0.05, 0.1) is 19.7 Å². The zero-order valence-electron chi connectivity index (χ0n) is 24.0. The lowest BCUT2D eigenvalue weighted by Crippen LogP contribution is -2.84. The largest absolute Gasteiger partial charge is 0.493 e. The zero-order chi connectivity index (χ0) is 29.3. The molecule has 0 spiro atoms. The van der Waals surface area contributed by atoms with Crippen molar-refractivity contribution >= 4 is 34.3 Å². The van der Waals surface area contributed by atoms with E-state index in [1.54, 1.807) is 56.8 Å². The van der Waals surface area contributed by atoms with Crippen molar-refractivity contribution < 1.29 is 28.6 Å². The number of anilines is 1. The van der Waals surface area contributed by atoms with Gasteiger partial charge in [0.2, 0.25) is 17.7 Å². The smallest absolute Gasteiger partial charge is 0.240 e. The van der Waals surface area contributed by atoms with Gasteiger partial charge in [-0.1, -0.05) is 6.92 Å². The second-order valence-corrected chi connectivity index (χ2v) is 12.8. The van der Waals surface area contributed by atoms with Crippen molar-refractivity contribution in [1.29, 1.82) is 0 Å². The topological polar surface area (TPSA) is 128 Å². The van der Waals surface area contributed by atoms with Gasteiger partial charge in [-0.25, -0.2) is 0 Å². The van der Waals surface area contributed by atoms with Crippen molar-refractivity contribution in [2.75, 3.05) is 19.5 Å². The summed E-state index contributed by atoms with van der Waals surface area (Å²) >= 11 is 0. The number of benzene rings is 2. The molecule has 0 aliphatic heterocycles. The quantitative estimate of drug-likeness (QED) is 0.307. The van der Waals surface area contributed by atoms with Crippen molar-refractivity contribution in [2.45, 2.75) is 62.9 Å². The molecule has 5 saturated carbocycles. The molecule has 218 valence electrons. The maximum absolute atomic E-state index is 13.2. The summed E-state index contributed by atoms with van der Waals surface area (Å²) in [6.07, 6.45) is 6.79. The molecule has 8 rings (SSSR count). The third-order valence-electron chi connectivity index (χ3n) is 9.50. The van der Waals surface area contributed by atoms with Crippen LogP contribution in [0.25, 0.3) is 10.9 Å². The van der Waals surface area contributed by atoms with Gasteiger partial charge in [0, 0.05) is 39.8 Å². The number of nitrogens with zero attached hydrogens (tertiary/aromatic N) is 1. The van der Waals surface area contributed by atoms with Crippen LogP contribution in [-0.4, -0.2) is 48.0 Å². The minimum atomic E-state index is -1.04. The molecule has 42 heavy (non-hydrogen) atoms. The average molecular weight is 571 g/mol. The Kier molecular flexibility index (Phi) is 5.74. The summed E-state index contributed by atoms with van der Waals surface area (Å²) < 4.78 is 16.9. The highest BCUT2D eigenvalue weighted by atomic mass is 16.5. The van der Waals surface area contributed by atoms with Crippen LogP contribution < -0.4 is 30.2 Å². The Hall–Kier alpha value is -4.34. The molecule has 0 radical (unpaired) electrons. The minimum Gasteiger partial charge on any atom is -0.493 e. The Morgan fingerprint density at radius 1 is 0.762 bits per heavy atom. The van der Waals surface area contributed by atoms with E-state index in [0.29, 0.717) is 47.0 Å². The van der Waals surface area contributed by atoms with E-state index >= 15 is 0 Å². The Morgan fingerprint density at radius 3 is 1.98 bits per heavy atom. The monoisotopic (exact) mass is 570 g/mol. The Balaban J connectivity index is 0.962. The molecule has 0 atom stereocenters. The van der Waals surface area contributed by atoms with Crippen LogP contribution >= 0.6 is 0 Å². The molecule has 0 saturated heterocycles. The first kappa shape index (κ1) is 26.6. The third kappa shape index (κ3) is 4.31. The first-order chi connectivity index (χ1) is 20.1. The number of carbonyl (C=O) groups is 3. The van der Waals surface area contributed by atoms with E-state index in [1.165, 1.54) is 0 Å². The van der Waals surface area contributed by atoms with Gasteiger partial charge in [-0.3, -0.25) is 19.4 Å². The van der Waals surface area contributed by atoms with Crippen LogP contribution in [0.5, 0.6) is 23.0 Å². The Bertz CT molecular complexity index is 1610. The first-order valence-electron chi connectivity index (χ1n) is 14.4. The van der Waals surface area contributed by atoms with E-state index < -0.39 is 5.41 Å². The van der Waals surface area contributed by atoms with Crippen molar-refractivity contribution in [2.24, 2.45) is 10.8 Å². The summed E-state index contributed by atoms with van der Waals surface area (Å²) in [6, 6.07) is 12.4. The van der Waals surface area contributed by atoms with Gasteiger partial charge < -0.3 is 30.2 Å². The number of fused-ring (bicyclic) bond motifs is 1. The summed E-state index contributed by atoms with van der Waals surface area (Å²) in [5.41, 5.74) is -0.441. The van der Waals surface area contributed by atoms with E-state index in [1.807, 2.05) is 13.0 Å². The number of amides is 3. The van der Waals surface area contributed by atoms with Crippen molar-refractivity contribution in [1.82, 2.24) is 15.6 Å². The van der Waals surface area contributed by atoms with Gasteiger partial charge >= 0.3 is 0 Å². The minimum absolute atomic E-state index is 0.131. The summed E-state index contributed by atoms with van der Waals surface area (Å²) in [7, 11) is 3.15. The highest BCUT2D eigenvalue weighted by Gasteiger charge is 2.71. The molecule has 2 bridgehead atoms. The fraction of sp³-hybridized carbons (Fsp3) is 0.438. The highest BCUT2D eigenvalue weighted by Crippen LogP contribution is 2.62. The molecule has 3 aromatic rings. The highest BCUT2D eigenvalue weighted by molar-refractivity contribution is 6.13. The number of carbonyl (C=O) groups excluding carboxylic acids is 3. The number of aromatic nitrogens is 1. The Morgan fingerprint density at radius 2 is 1.38 bits per heavy atom. The zero-order valence-corrected chi connectivity index (χ0v) is 24.0. The molecule has 3 amide bonds. The van der Waals surface area contributed by atoms with E-state index in [2.05, 4.69) is 20.9 Å². The standard InChI is InChI=1S/C32H34N4O6/c1-29(9-10-29)26(37)35-30-16-31(17-30,18-30)36-28(39)32(11-12-32)27(38)34-19-4-6-20(7-5-19)42-23-8-13-33-22-15-25(41-3)24(40-2)14-21(22)23/h4-8,13-15H,9-12,16-18H2,1-3H3,(H,34,38)(H,35,37)(H,36,39). The first-order valence-corrected chi connectivity index (χ1v) is 14.4. The predicted molar refractivity (Wildman–Crippen MR) is 155 cm³/mol. The summed E-state index contributed by atoms with van der Waals surface area (Å²) in [6.45, 7) is 2.00. The number of ether oxygens (including phenoxy) is 3.